The van der Waals surface area contributed by atoms with Crippen LogP contribution in [0.15, 0.2) is 53.4 Å². The summed E-state index contributed by atoms with van der Waals surface area (Å²) in [5.41, 5.74) is -0.748. The van der Waals surface area contributed by atoms with Crippen LogP contribution in [-0.2, 0) is 14.6 Å². The number of hydrogen-bond acceptors (Lipinski definition) is 4. The first kappa shape index (κ1) is 18.4. The second-order valence-corrected chi connectivity index (χ2v) is 8.23. The van der Waals surface area contributed by atoms with Crippen LogP contribution in [0.1, 0.15) is 12.5 Å². The number of carbonyl (C=O) groups is 1. The summed E-state index contributed by atoms with van der Waals surface area (Å²) < 4.78 is 24.8. The van der Waals surface area contributed by atoms with Crippen molar-refractivity contribution in [3.05, 3.63) is 59.1 Å². The van der Waals surface area contributed by atoms with Crippen LogP contribution >= 0.6 is 11.6 Å². The third-order valence-electron chi connectivity index (χ3n) is 3.44. The molecule has 0 aliphatic carbocycles. The number of nitrogens with one attached hydrogen (secondary N) is 1. The Morgan fingerprint density at radius 3 is 2.21 bits per heavy atom. The zero-order valence-corrected chi connectivity index (χ0v) is 14.9. The maximum absolute atomic E-state index is 12.4. The lowest BCUT2D eigenvalue weighted by Gasteiger charge is -2.22. The molecule has 0 radical (unpaired) electrons. The number of rotatable bonds is 5. The number of aliphatic hydroxyl groups is 1. The van der Waals surface area contributed by atoms with Gasteiger partial charge in [-0.15, -0.1) is 0 Å². The summed E-state index contributed by atoms with van der Waals surface area (Å²) >= 11 is 5.76. The van der Waals surface area contributed by atoms with Crippen molar-refractivity contribution < 1.29 is 18.3 Å². The van der Waals surface area contributed by atoms with Crippen molar-refractivity contribution >= 4 is 33.0 Å². The minimum Gasteiger partial charge on any atom is -0.379 e. The molecule has 128 valence electrons. The van der Waals surface area contributed by atoms with Crippen molar-refractivity contribution in [2.24, 2.45) is 0 Å². The second kappa shape index (κ2) is 6.93. The van der Waals surface area contributed by atoms with Gasteiger partial charge in [0.2, 0.25) is 0 Å². The standard InChI is InChI=1S/C17H18ClNO4S/c1-12-3-9-15(10-4-12)24(22,23)11-17(2,21)16(20)19-14-7-5-13(18)6-8-14/h3-10,21H,11H2,1-2H3,(H,19,20)/t17-/m0/s1. The number of aryl methyl sites for hydroxylation is 1. The first-order chi connectivity index (χ1) is 11.1. The molecule has 0 aliphatic rings. The summed E-state index contributed by atoms with van der Waals surface area (Å²) in [5, 5.41) is 13.3. The van der Waals surface area contributed by atoms with E-state index in [1.807, 2.05) is 6.92 Å². The molecule has 0 saturated heterocycles. The number of hydrogen-bond donors (Lipinski definition) is 2. The third-order valence-corrected chi connectivity index (χ3v) is 5.63. The number of halogens is 1. The van der Waals surface area contributed by atoms with Gasteiger partial charge in [0.05, 0.1) is 10.6 Å². The largest absolute Gasteiger partial charge is 0.379 e. The second-order valence-electron chi connectivity index (χ2n) is 5.81. The van der Waals surface area contributed by atoms with Crippen LogP contribution in [0.4, 0.5) is 5.69 Å². The lowest BCUT2D eigenvalue weighted by Crippen LogP contribution is -2.45. The molecule has 0 unspecified atom stereocenters. The quantitative estimate of drug-likeness (QED) is 0.851. The molecule has 2 aromatic rings. The minimum atomic E-state index is -3.81. The summed E-state index contributed by atoms with van der Waals surface area (Å²) in [6.45, 7) is 3.01. The van der Waals surface area contributed by atoms with Crippen LogP contribution in [0.2, 0.25) is 5.02 Å². The predicted octanol–water partition coefficient (Wildman–Crippen LogP) is 2.81. The molecule has 1 amide bonds. The highest BCUT2D eigenvalue weighted by molar-refractivity contribution is 7.91. The Bertz CT molecular complexity index is 828. The van der Waals surface area contributed by atoms with Crippen LogP contribution < -0.4 is 5.32 Å². The van der Waals surface area contributed by atoms with Crippen molar-refractivity contribution in [3.8, 4) is 0 Å². The third kappa shape index (κ3) is 4.56. The summed E-state index contributed by atoms with van der Waals surface area (Å²) in [5.74, 6) is -1.52. The topological polar surface area (TPSA) is 83.5 Å². The van der Waals surface area contributed by atoms with Crippen LogP contribution in [0.3, 0.4) is 0 Å². The van der Waals surface area contributed by atoms with Gasteiger partial charge in [-0.3, -0.25) is 4.79 Å². The highest BCUT2D eigenvalue weighted by Gasteiger charge is 2.36. The highest BCUT2D eigenvalue weighted by atomic mass is 35.5. The van der Waals surface area contributed by atoms with Crippen molar-refractivity contribution in [1.82, 2.24) is 0 Å². The summed E-state index contributed by atoms with van der Waals surface area (Å²) in [4.78, 5) is 12.3. The van der Waals surface area contributed by atoms with Gasteiger partial charge >= 0.3 is 0 Å². The molecule has 1 atom stereocenters. The van der Waals surface area contributed by atoms with Gasteiger partial charge in [0.15, 0.2) is 15.4 Å². The van der Waals surface area contributed by atoms with Crippen molar-refractivity contribution in [3.63, 3.8) is 0 Å². The van der Waals surface area contributed by atoms with Crippen LogP contribution in [0.5, 0.6) is 0 Å². The van der Waals surface area contributed by atoms with Crippen LogP contribution in [-0.4, -0.2) is 30.8 Å². The van der Waals surface area contributed by atoms with E-state index in [2.05, 4.69) is 5.32 Å². The first-order valence-corrected chi connectivity index (χ1v) is 9.22. The van der Waals surface area contributed by atoms with E-state index in [-0.39, 0.29) is 4.90 Å². The van der Waals surface area contributed by atoms with Crippen molar-refractivity contribution in [2.75, 3.05) is 11.1 Å². The van der Waals surface area contributed by atoms with E-state index in [1.165, 1.54) is 19.1 Å². The molecular formula is C17H18ClNO4S. The van der Waals surface area contributed by atoms with Gasteiger partial charge in [0.1, 0.15) is 0 Å². The minimum absolute atomic E-state index is 0.0627. The Morgan fingerprint density at radius 1 is 1.12 bits per heavy atom. The van der Waals surface area contributed by atoms with E-state index in [0.717, 1.165) is 5.56 Å². The van der Waals surface area contributed by atoms with Gasteiger partial charge in [-0.25, -0.2) is 8.42 Å². The molecular weight excluding hydrogens is 350 g/mol. The number of carbonyl (C=O) groups excluding carboxylic acids is 1. The van der Waals surface area contributed by atoms with Gasteiger partial charge in [-0.2, -0.15) is 0 Å². The predicted molar refractivity (Wildman–Crippen MR) is 93.9 cm³/mol. The zero-order chi connectivity index (χ0) is 18.0. The Labute approximate surface area is 146 Å². The van der Waals surface area contributed by atoms with E-state index in [0.29, 0.717) is 10.7 Å². The van der Waals surface area contributed by atoms with E-state index in [9.17, 15) is 18.3 Å². The average Bonchev–Trinajstić information content (AvgIpc) is 2.49. The molecule has 7 heteroatoms. The highest BCUT2D eigenvalue weighted by Crippen LogP contribution is 2.20. The van der Waals surface area contributed by atoms with E-state index < -0.39 is 27.1 Å². The van der Waals surface area contributed by atoms with Gasteiger partial charge in [-0.1, -0.05) is 29.3 Å². The molecule has 0 spiro atoms. The van der Waals surface area contributed by atoms with Gasteiger partial charge in [-0.05, 0) is 50.2 Å². The molecule has 0 heterocycles. The number of benzene rings is 2. The SMILES string of the molecule is Cc1ccc(S(=O)(=O)C[C@](C)(O)C(=O)Nc2ccc(Cl)cc2)cc1. The molecule has 0 aliphatic heterocycles. The van der Waals surface area contributed by atoms with Crippen molar-refractivity contribution in [2.45, 2.75) is 24.3 Å². The lowest BCUT2D eigenvalue weighted by atomic mass is 10.1. The Hall–Kier alpha value is -1.89. The van der Waals surface area contributed by atoms with Gasteiger partial charge in [0, 0.05) is 10.7 Å². The maximum Gasteiger partial charge on any atom is 0.257 e. The molecule has 0 saturated carbocycles. The molecule has 24 heavy (non-hydrogen) atoms. The molecule has 0 aromatic heterocycles. The Kier molecular flexibility index (Phi) is 5.32. The average molecular weight is 368 g/mol. The van der Waals surface area contributed by atoms with E-state index in [4.69, 9.17) is 11.6 Å². The fourth-order valence-electron chi connectivity index (χ4n) is 2.06. The molecule has 0 bridgehead atoms. The molecule has 2 N–H and O–H groups in total. The maximum atomic E-state index is 12.4. The zero-order valence-electron chi connectivity index (χ0n) is 13.3. The van der Waals surface area contributed by atoms with Crippen LogP contribution in [0, 0.1) is 6.92 Å². The smallest absolute Gasteiger partial charge is 0.257 e. The van der Waals surface area contributed by atoms with Crippen molar-refractivity contribution in [1.29, 1.82) is 0 Å². The molecule has 2 aromatic carbocycles. The molecule has 0 fully saturated rings. The number of amides is 1. The van der Waals surface area contributed by atoms with E-state index >= 15 is 0 Å². The fourth-order valence-corrected chi connectivity index (χ4v) is 3.78. The van der Waals surface area contributed by atoms with Gasteiger partial charge in [0.25, 0.3) is 5.91 Å². The van der Waals surface area contributed by atoms with Crippen LogP contribution in [0.25, 0.3) is 0 Å². The fraction of sp³-hybridized carbons (Fsp3) is 0.235. The molecule has 5 nitrogen and oxygen atoms in total. The summed E-state index contributed by atoms with van der Waals surface area (Å²) in [6.07, 6.45) is 0. The Morgan fingerprint density at radius 2 is 1.67 bits per heavy atom. The number of anilines is 1. The monoisotopic (exact) mass is 367 g/mol. The summed E-state index contributed by atoms with van der Waals surface area (Å²) in [6, 6.07) is 12.5. The summed E-state index contributed by atoms with van der Waals surface area (Å²) in [7, 11) is -3.81. The lowest BCUT2D eigenvalue weighted by molar-refractivity contribution is -0.130. The number of sulfone groups is 1. The first-order valence-electron chi connectivity index (χ1n) is 7.19. The normalized spacial score (nSPS) is 14.0. The van der Waals surface area contributed by atoms with E-state index in [1.54, 1.807) is 36.4 Å². The van der Waals surface area contributed by atoms with Gasteiger partial charge < -0.3 is 10.4 Å². The Balaban J connectivity index is 2.15. The molecule has 2 rings (SSSR count).